The van der Waals surface area contributed by atoms with Crippen molar-refractivity contribution in [3.63, 3.8) is 0 Å². The third kappa shape index (κ3) is 2.36. The molecule has 3 rings (SSSR count). The van der Waals surface area contributed by atoms with E-state index in [1.54, 1.807) is 0 Å². The molecule has 4 nitrogen and oxygen atoms in total. The van der Waals surface area contributed by atoms with Gasteiger partial charge in [-0.05, 0) is 30.8 Å². The first kappa shape index (κ1) is 12.6. The third-order valence-electron chi connectivity index (χ3n) is 2.83. The van der Waals surface area contributed by atoms with Crippen LogP contribution < -0.4 is 5.32 Å². The highest BCUT2D eigenvalue weighted by molar-refractivity contribution is 7.00. The van der Waals surface area contributed by atoms with Crippen LogP contribution in [0.1, 0.15) is 12.7 Å². The van der Waals surface area contributed by atoms with E-state index in [1.807, 2.05) is 24.3 Å². The van der Waals surface area contributed by atoms with Crippen LogP contribution in [0.4, 0.5) is 0 Å². The largest absolute Gasteiger partial charge is 0.460 e. The van der Waals surface area contributed by atoms with Crippen LogP contribution >= 0.6 is 23.3 Å². The van der Waals surface area contributed by atoms with Crippen LogP contribution in [0.2, 0.25) is 5.02 Å². The quantitative estimate of drug-likeness (QED) is 0.796. The van der Waals surface area contributed by atoms with Crippen molar-refractivity contribution in [1.29, 1.82) is 0 Å². The van der Waals surface area contributed by atoms with Crippen LogP contribution in [-0.4, -0.2) is 15.3 Å². The molecule has 2 heterocycles. The summed E-state index contributed by atoms with van der Waals surface area (Å²) in [4.78, 5) is 0. The molecule has 0 amide bonds. The highest BCUT2D eigenvalue weighted by Gasteiger charge is 2.15. The van der Waals surface area contributed by atoms with Gasteiger partial charge in [-0.2, -0.15) is 8.75 Å². The van der Waals surface area contributed by atoms with Crippen molar-refractivity contribution in [2.45, 2.75) is 13.5 Å². The van der Waals surface area contributed by atoms with Crippen LogP contribution in [0.15, 0.2) is 28.7 Å². The normalized spacial score (nSPS) is 11.3. The Morgan fingerprint density at radius 2 is 2.16 bits per heavy atom. The van der Waals surface area contributed by atoms with Crippen LogP contribution in [0.5, 0.6) is 0 Å². The molecule has 0 spiro atoms. The van der Waals surface area contributed by atoms with Crippen molar-refractivity contribution >= 4 is 34.4 Å². The Kier molecular flexibility index (Phi) is 3.50. The summed E-state index contributed by atoms with van der Waals surface area (Å²) in [6, 6.07) is 7.57. The van der Waals surface area contributed by atoms with E-state index in [0.29, 0.717) is 11.6 Å². The van der Waals surface area contributed by atoms with Gasteiger partial charge in [0.25, 0.3) is 0 Å². The Hall–Kier alpha value is -1.43. The second-order valence-electron chi connectivity index (χ2n) is 4.10. The number of furan rings is 1. The number of fused-ring (bicyclic) bond motifs is 1. The Balaban J connectivity index is 2.05. The predicted octanol–water partition coefficient (Wildman–Crippen LogP) is 3.71. The fourth-order valence-corrected chi connectivity index (χ4v) is 2.70. The number of hydrogen-bond acceptors (Lipinski definition) is 5. The zero-order chi connectivity index (χ0) is 13.2. The zero-order valence-electron chi connectivity index (χ0n) is 10.3. The van der Waals surface area contributed by atoms with Gasteiger partial charge in [0, 0.05) is 0 Å². The van der Waals surface area contributed by atoms with Crippen molar-refractivity contribution < 1.29 is 4.42 Å². The highest BCUT2D eigenvalue weighted by Crippen LogP contribution is 2.35. The topological polar surface area (TPSA) is 51.0 Å². The summed E-state index contributed by atoms with van der Waals surface area (Å²) in [6.07, 6.45) is 0. The first-order valence-corrected chi connectivity index (χ1v) is 7.11. The first-order chi connectivity index (χ1) is 9.29. The van der Waals surface area contributed by atoms with Gasteiger partial charge in [0.1, 0.15) is 22.6 Å². The Morgan fingerprint density at radius 1 is 1.26 bits per heavy atom. The van der Waals surface area contributed by atoms with Crippen molar-refractivity contribution in [2.75, 3.05) is 6.54 Å². The number of nitrogens with zero attached hydrogens (tertiary/aromatic N) is 2. The molecule has 1 aromatic carbocycles. The molecular weight excluding hydrogens is 282 g/mol. The van der Waals surface area contributed by atoms with Crippen LogP contribution in [-0.2, 0) is 6.54 Å². The van der Waals surface area contributed by atoms with Gasteiger partial charge in [-0.1, -0.05) is 18.5 Å². The molecule has 0 unspecified atom stereocenters. The monoisotopic (exact) mass is 293 g/mol. The molecule has 0 aliphatic carbocycles. The maximum absolute atomic E-state index is 6.27. The summed E-state index contributed by atoms with van der Waals surface area (Å²) in [7, 11) is 0. The molecule has 0 bridgehead atoms. The van der Waals surface area contributed by atoms with Crippen LogP contribution in [0.25, 0.3) is 22.4 Å². The smallest absolute Gasteiger partial charge is 0.138 e. The van der Waals surface area contributed by atoms with E-state index in [1.165, 1.54) is 11.7 Å². The van der Waals surface area contributed by atoms with Crippen LogP contribution in [0, 0.1) is 0 Å². The van der Waals surface area contributed by atoms with Gasteiger partial charge in [0.15, 0.2) is 0 Å². The van der Waals surface area contributed by atoms with Crippen molar-refractivity contribution in [3.8, 4) is 11.3 Å². The predicted molar refractivity (Wildman–Crippen MR) is 77.5 cm³/mol. The number of aromatic nitrogens is 2. The summed E-state index contributed by atoms with van der Waals surface area (Å²) in [5, 5.41) is 3.85. The average Bonchev–Trinajstić information content (AvgIpc) is 3.04. The molecule has 0 saturated carbocycles. The number of rotatable bonds is 4. The molecular formula is C13H12ClN3OS. The SMILES string of the molecule is CCNCc1ccc(-c2c(Cl)ccc3nsnc23)o1. The zero-order valence-corrected chi connectivity index (χ0v) is 11.9. The Morgan fingerprint density at radius 3 is 3.00 bits per heavy atom. The Labute approximate surface area is 119 Å². The van der Waals surface area contributed by atoms with E-state index >= 15 is 0 Å². The maximum atomic E-state index is 6.27. The molecule has 0 radical (unpaired) electrons. The minimum Gasteiger partial charge on any atom is -0.460 e. The minimum atomic E-state index is 0.629. The van der Waals surface area contributed by atoms with Crippen molar-refractivity contribution in [3.05, 3.63) is 35.0 Å². The van der Waals surface area contributed by atoms with Gasteiger partial charge in [-0.3, -0.25) is 0 Å². The lowest BCUT2D eigenvalue weighted by Gasteiger charge is -2.02. The van der Waals surface area contributed by atoms with Gasteiger partial charge in [0.2, 0.25) is 0 Å². The number of benzene rings is 1. The molecule has 6 heteroatoms. The molecule has 0 fully saturated rings. The lowest BCUT2D eigenvalue weighted by atomic mass is 10.1. The lowest BCUT2D eigenvalue weighted by Crippen LogP contribution is -2.10. The van der Waals surface area contributed by atoms with E-state index in [9.17, 15) is 0 Å². The molecule has 0 aliphatic heterocycles. The van der Waals surface area contributed by atoms with E-state index in [0.717, 1.165) is 34.7 Å². The number of hydrogen-bond donors (Lipinski definition) is 1. The highest BCUT2D eigenvalue weighted by atomic mass is 35.5. The molecule has 1 N–H and O–H groups in total. The number of nitrogens with one attached hydrogen (secondary N) is 1. The number of halogens is 1. The molecule has 3 aromatic rings. The van der Waals surface area contributed by atoms with Gasteiger partial charge >= 0.3 is 0 Å². The lowest BCUT2D eigenvalue weighted by molar-refractivity contribution is 0.499. The summed E-state index contributed by atoms with van der Waals surface area (Å²) in [5.41, 5.74) is 2.45. The van der Waals surface area contributed by atoms with E-state index in [-0.39, 0.29) is 0 Å². The van der Waals surface area contributed by atoms with Gasteiger partial charge in [0.05, 0.1) is 28.9 Å². The second kappa shape index (κ2) is 5.28. The fourth-order valence-electron chi connectivity index (χ4n) is 1.92. The molecule has 98 valence electrons. The van der Waals surface area contributed by atoms with Gasteiger partial charge in [-0.15, -0.1) is 0 Å². The van der Waals surface area contributed by atoms with E-state index in [4.69, 9.17) is 16.0 Å². The molecule has 19 heavy (non-hydrogen) atoms. The molecule has 0 saturated heterocycles. The summed E-state index contributed by atoms with van der Waals surface area (Å²) in [5.74, 6) is 1.62. The van der Waals surface area contributed by atoms with E-state index in [2.05, 4.69) is 21.0 Å². The standard InChI is InChI=1S/C13H12ClN3OS/c1-2-15-7-8-3-6-11(18-8)12-9(14)4-5-10-13(12)17-19-16-10/h3-6,15H,2,7H2,1H3. The summed E-state index contributed by atoms with van der Waals surface area (Å²) in [6.45, 7) is 3.67. The molecule has 0 atom stereocenters. The fraction of sp³-hybridized carbons (Fsp3) is 0.231. The Bertz CT molecular complexity index is 707. The second-order valence-corrected chi connectivity index (χ2v) is 5.04. The van der Waals surface area contributed by atoms with Crippen molar-refractivity contribution in [2.24, 2.45) is 0 Å². The maximum Gasteiger partial charge on any atom is 0.138 e. The van der Waals surface area contributed by atoms with Crippen molar-refractivity contribution in [1.82, 2.24) is 14.1 Å². The summed E-state index contributed by atoms with van der Waals surface area (Å²) < 4.78 is 14.3. The van der Waals surface area contributed by atoms with E-state index < -0.39 is 0 Å². The third-order valence-corrected chi connectivity index (χ3v) is 3.69. The van der Waals surface area contributed by atoms with Crippen LogP contribution in [0.3, 0.4) is 0 Å². The molecule has 2 aromatic heterocycles. The minimum absolute atomic E-state index is 0.629. The first-order valence-electron chi connectivity index (χ1n) is 6.00. The van der Waals surface area contributed by atoms with Gasteiger partial charge < -0.3 is 9.73 Å². The molecule has 0 aliphatic rings. The summed E-state index contributed by atoms with van der Waals surface area (Å²) >= 11 is 7.45. The average molecular weight is 294 g/mol. The van der Waals surface area contributed by atoms with Gasteiger partial charge in [-0.25, -0.2) is 0 Å².